The Morgan fingerprint density at radius 1 is 1.18 bits per heavy atom. The van der Waals surface area contributed by atoms with Crippen molar-refractivity contribution in [1.29, 1.82) is 0 Å². The van der Waals surface area contributed by atoms with Gasteiger partial charge in [0.25, 0.3) is 0 Å². The van der Waals surface area contributed by atoms with Gasteiger partial charge in [-0.15, -0.1) is 23.4 Å². The maximum absolute atomic E-state index is 12.2. The summed E-state index contributed by atoms with van der Waals surface area (Å²) in [6.07, 6.45) is -4.72. The maximum Gasteiger partial charge on any atom is 0.573 e. The van der Waals surface area contributed by atoms with Crippen LogP contribution in [0.5, 0.6) is 5.75 Å². The van der Waals surface area contributed by atoms with Crippen LogP contribution in [0.25, 0.3) is 10.6 Å². The van der Waals surface area contributed by atoms with E-state index in [-0.39, 0.29) is 11.3 Å². The van der Waals surface area contributed by atoms with Crippen LogP contribution in [0.1, 0.15) is 0 Å². The van der Waals surface area contributed by atoms with Crippen molar-refractivity contribution in [1.82, 2.24) is 10.2 Å². The highest BCUT2D eigenvalue weighted by Crippen LogP contribution is 2.35. The van der Waals surface area contributed by atoms with Gasteiger partial charge in [-0.3, -0.25) is 0 Å². The Labute approximate surface area is 106 Å². The highest BCUT2D eigenvalue weighted by molar-refractivity contribution is 9.11. The van der Waals surface area contributed by atoms with E-state index in [1.807, 2.05) is 0 Å². The van der Waals surface area contributed by atoms with Crippen molar-refractivity contribution in [3.63, 3.8) is 0 Å². The Balaban J connectivity index is 2.41. The molecule has 0 N–H and O–H groups in total. The van der Waals surface area contributed by atoms with Gasteiger partial charge >= 0.3 is 6.36 Å². The number of nitrogens with zero attached hydrogens (tertiary/aromatic N) is 2. The molecule has 0 aliphatic carbocycles. The fraction of sp³-hybridized carbons (Fsp3) is 0.111. The van der Waals surface area contributed by atoms with E-state index in [1.54, 1.807) is 6.07 Å². The summed E-state index contributed by atoms with van der Waals surface area (Å²) in [4.78, 5) is 0. The quantitative estimate of drug-likeness (QED) is 0.841. The predicted octanol–water partition coefficient (Wildman–Crippen LogP) is 3.87. The number of alkyl halides is 3. The number of hydrogen-bond donors (Lipinski definition) is 0. The molecule has 0 fully saturated rings. The summed E-state index contributed by atoms with van der Waals surface area (Å²) < 4.78 is 40.9. The molecule has 2 aromatic rings. The molecule has 0 amide bonds. The third kappa shape index (κ3) is 3.16. The van der Waals surface area contributed by atoms with Crippen LogP contribution in [0.2, 0.25) is 0 Å². The molecule has 1 aromatic heterocycles. The second-order valence-electron chi connectivity index (χ2n) is 2.90. The van der Waals surface area contributed by atoms with Crippen molar-refractivity contribution in [2.45, 2.75) is 6.36 Å². The Morgan fingerprint density at radius 2 is 1.88 bits per heavy atom. The molecule has 0 spiro atoms. The topological polar surface area (TPSA) is 35.0 Å². The minimum atomic E-state index is -4.72. The van der Waals surface area contributed by atoms with E-state index in [0.717, 1.165) is 11.3 Å². The highest BCUT2D eigenvalue weighted by Gasteiger charge is 2.32. The van der Waals surface area contributed by atoms with Crippen molar-refractivity contribution in [2.75, 3.05) is 0 Å². The van der Waals surface area contributed by atoms with E-state index in [2.05, 4.69) is 30.9 Å². The number of rotatable bonds is 2. The molecule has 0 aliphatic rings. The predicted molar refractivity (Wildman–Crippen MR) is 59.7 cm³/mol. The van der Waals surface area contributed by atoms with Gasteiger partial charge in [0.2, 0.25) is 0 Å². The summed E-state index contributed by atoms with van der Waals surface area (Å²) in [7, 11) is 0. The summed E-state index contributed by atoms with van der Waals surface area (Å²) in [6.45, 7) is 0. The Morgan fingerprint density at radius 3 is 2.47 bits per heavy atom. The molecular weight excluding hydrogens is 321 g/mol. The van der Waals surface area contributed by atoms with Gasteiger partial charge in [-0.05, 0) is 28.1 Å². The van der Waals surface area contributed by atoms with Gasteiger partial charge in [-0.1, -0.05) is 23.5 Å². The molecule has 0 saturated carbocycles. The van der Waals surface area contributed by atoms with Gasteiger partial charge in [0, 0.05) is 0 Å². The van der Waals surface area contributed by atoms with E-state index in [0.29, 0.717) is 8.92 Å². The average Bonchev–Trinajstić information content (AvgIpc) is 2.63. The number of para-hydroxylation sites is 1. The molecule has 3 nitrogen and oxygen atoms in total. The summed E-state index contributed by atoms with van der Waals surface area (Å²) in [6, 6.07) is 5.79. The minimum Gasteiger partial charge on any atom is -0.405 e. The average molecular weight is 325 g/mol. The Hall–Kier alpha value is -1.15. The molecular formula is C9H4BrF3N2OS. The second-order valence-corrected chi connectivity index (χ2v) is 5.16. The van der Waals surface area contributed by atoms with Crippen LogP contribution in [-0.4, -0.2) is 16.6 Å². The van der Waals surface area contributed by atoms with Crippen molar-refractivity contribution in [2.24, 2.45) is 0 Å². The van der Waals surface area contributed by atoms with E-state index in [1.165, 1.54) is 18.2 Å². The van der Waals surface area contributed by atoms with Gasteiger partial charge in [-0.2, -0.15) is 0 Å². The lowest BCUT2D eigenvalue weighted by molar-refractivity contribution is -0.274. The summed E-state index contributed by atoms with van der Waals surface area (Å²) >= 11 is 4.23. The first-order valence-electron chi connectivity index (χ1n) is 4.30. The zero-order chi connectivity index (χ0) is 12.5. The fourth-order valence-electron chi connectivity index (χ4n) is 1.17. The Bertz CT molecular complexity index is 529. The molecule has 90 valence electrons. The molecule has 0 atom stereocenters. The molecule has 0 radical (unpaired) electrons. The lowest BCUT2D eigenvalue weighted by Crippen LogP contribution is -2.17. The number of ether oxygens (including phenoxy) is 1. The first-order valence-corrected chi connectivity index (χ1v) is 5.91. The summed E-state index contributed by atoms with van der Waals surface area (Å²) in [5.74, 6) is -0.288. The van der Waals surface area contributed by atoms with Gasteiger partial charge < -0.3 is 4.74 Å². The monoisotopic (exact) mass is 324 g/mol. The number of aromatic nitrogens is 2. The smallest absolute Gasteiger partial charge is 0.405 e. The van der Waals surface area contributed by atoms with Crippen molar-refractivity contribution >= 4 is 27.3 Å². The zero-order valence-electron chi connectivity index (χ0n) is 8.03. The lowest BCUT2D eigenvalue weighted by atomic mass is 10.2. The standard InChI is InChI=1S/C9H4BrF3N2OS/c10-8-15-14-7(17-8)5-3-1-2-4-6(5)16-9(11,12)13/h1-4H. The van der Waals surface area contributed by atoms with E-state index in [9.17, 15) is 13.2 Å². The van der Waals surface area contributed by atoms with E-state index in [4.69, 9.17) is 0 Å². The molecule has 0 saturated heterocycles. The van der Waals surface area contributed by atoms with Gasteiger partial charge in [0.1, 0.15) is 5.75 Å². The molecule has 0 aliphatic heterocycles. The summed E-state index contributed by atoms with van der Waals surface area (Å²) in [5.41, 5.74) is 0.257. The number of hydrogen-bond acceptors (Lipinski definition) is 4. The van der Waals surface area contributed by atoms with Gasteiger partial charge in [0.05, 0.1) is 5.56 Å². The molecule has 1 heterocycles. The summed E-state index contributed by atoms with van der Waals surface area (Å²) in [5, 5.41) is 7.79. The minimum absolute atomic E-state index is 0.257. The molecule has 2 rings (SSSR count). The van der Waals surface area contributed by atoms with Crippen LogP contribution in [0.4, 0.5) is 13.2 Å². The third-order valence-corrected chi connectivity index (χ3v) is 3.13. The molecule has 17 heavy (non-hydrogen) atoms. The SMILES string of the molecule is FC(F)(F)Oc1ccccc1-c1nnc(Br)s1. The Kier molecular flexibility index (Phi) is 3.34. The highest BCUT2D eigenvalue weighted by atomic mass is 79.9. The first kappa shape index (κ1) is 12.3. The normalized spacial score (nSPS) is 11.5. The van der Waals surface area contributed by atoms with E-state index < -0.39 is 6.36 Å². The van der Waals surface area contributed by atoms with E-state index >= 15 is 0 Å². The largest absolute Gasteiger partial charge is 0.573 e. The van der Waals surface area contributed by atoms with Crippen molar-refractivity contribution in [3.05, 3.63) is 28.2 Å². The van der Waals surface area contributed by atoms with Crippen molar-refractivity contribution in [3.8, 4) is 16.3 Å². The van der Waals surface area contributed by atoms with Crippen LogP contribution in [-0.2, 0) is 0 Å². The zero-order valence-corrected chi connectivity index (χ0v) is 10.4. The lowest BCUT2D eigenvalue weighted by Gasteiger charge is -2.11. The van der Waals surface area contributed by atoms with Crippen molar-refractivity contribution < 1.29 is 17.9 Å². The van der Waals surface area contributed by atoms with Crippen LogP contribution in [0.3, 0.4) is 0 Å². The van der Waals surface area contributed by atoms with Crippen LogP contribution in [0, 0.1) is 0 Å². The van der Waals surface area contributed by atoms with Crippen LogP contribution >= 0.6 is 27.3 Å². The van der Waals surface area contributed by atoms with Gasteiger partial charge in [-0.25, -0.2) is 0 Å². The molecule has 8 heteroatoms. The molecule has 0 unspecified atom stereocenters. The number of halogens is 4. The first-order chi connectivity index (χ1) is 7.96. The van der Waals surface area contributed by atoms with Crippen LogP contribution < -0.4 is 4.74 Å². The van der Waals surface area contributed by atoms with Crippen LogP contribution in [0.15, 0.2) is 28.2 Å². The van der Waals surface area contributed by atoms with Gasteiger partial charge in [0.15, 0.2) is 8.92 Å². The fourth-order valence-corrected chi connectivity index (χ4v) is 2.31. The maximum atomic E-state index is 12.2. The molecule has 1 aromatic carbocycles. The molecule has 0 bridgehead atoms. The third-order valence-electron chi connectivity index (χ3n) is 1.74. The second kappa shape index (κ2) is 4.61. The number of benzene rings is 1.